The van der Waals surface area contributed by atoms with Gasteiger partial charge in [-0.05, 0) is 103 Å². The summed E-state index contributed by atoms with van der Waals surface area (Å²) in [5.74, 6) is 0. The molecule has 0 aliphatic carbocycles. The smallest absolute Gasteiger partial charge is 0.434 e. The molecule has 0 rings (SSSR count). The summed E-state index contributed by atoms with van der Waals surface area (Å²) in [6.45, 7) is 5.28. The van der Waals surface area contributed by atoms with E-state index in [1.165, 1.54) is 32.1 Å². The molecule has 0 saturated heterocycles. The summed E-state index contributed by atoms with van der Waals surface area (Å²) >= 11 is 0. The van der Waals surface area contributed by atoms with Crippen LogP contribution in [0.4, 0.5) is 4.79 Å². The average Bonchev–Trinajstić information content (AvgIpc) is 3.06. The van der Waals surface area contributed by atoms with E-state index in [1.54, 1.807) is 0 Å². The number of hydrogen-bond acceptors (Lipinski definition) is 3. The Morgan fingerprint density at radius 3 is 1.07 bits per heavy atom. The lowest BCUT2D eigenvalue weighted by molar-refractivity contribution is 0.0530. The van der Waals surface area contributed by atoms with Crippen LogP contribution in [-0.4, -0.2) is 19.4 Å². The molecule has 46 heavy (non-hydrogen) atoms. The Kier molecular flexibility index (Phi) is 37.3. The molecule has 0 heterocycles. The first-order valence-electron chi connectivity index (χ1n) is 18.5. The topological polar surface area (TPSA) is 35.5 Å². The van der Waals surface area contributed by atoms with Crippen molar-refractivity contribution in [1.29, 1.82) is 0 Å². The Bertz CT molecular complexity index is 910. The van der Waals surface area contributed by atoms with E-state index in [0.717, 1.165) is 96.3 Å². The lowest BCUT2D eigenvalue weighted by atomic mass is 10.1. The maximum Gasteiger partial charge on any atom is 0.508 e. The van der Waals surface area contributed by atoms with Gasteiger partial charge in [0.25, 0.3) is 0 Å². The molecule has 0 aliphatic rings. The second-order valence-electron chi connectivity index (χ2n) is 11.4. The number of carbonyl (C=O) groups is 1. The molecule has 258 valence electrons. The largest absolute Gasteiger partial charge is 0.508 e. The van der Waals surface area contributed by atoms with Crippen LogP contribution in [0.1, 0.15) is 142 Å². The van der Waals surface area contributed by atoms with Crippen LogP contribution in [0.3, 0.4) is 0 Å². The molecule has 0 radical (unpaired) electrons. The highest BCUT2D eigenvalue weighted by Gasteiger charge is 2.02. The summed E-state index contributed by atoms with van der Waals surface area (Å²) in [5.41, 5.74) is 0. The van der Waals surface area contributed by atoms with Gasteiger partial charge in [-0.3, -0.25) is 0 Å². The van der Waals surface area contributed by atoms with Gasteiger partial charge in [-0.15, -0.1) is 0 Å². The van der Waals surface area contributed by atoms with Gasteiger partial charge in [0, 0.05) is 0 Å². The minimum atomic E-state index is -0.531. The Hall–Kier alpha value is -3.07. The van der Waals surface area contributed by atoms with E-state index < -0.39 is 6.16 Å². The molecule has 0 aromatic heterocycles. The molecule has 0 atom stereocenters. The number of allylic oxidation sites excluding steroid dienone is 18. The number of ether oxygens (including phenoxy) is 2. The zero-order valence-electron chi connectivity index (χ0n) is 29.7. The minimum Gasteiger partial charge on any atom is -0.434 e. The zero-order valence-corrected chi connectivity index (χ0v) is 29.7. The molecule has 0 spiro atoms. The van der Waals surface area contributed by atoms with Crippen molar-refractivity contribution in [3.05, 3.63) is 109 Å². The fourth-order valence-corrected chi connectivity index (χ4v) is 4.36. The first kappa shape index (κ1) is 42.9. The van der Waals surface area contributed by atoms with Crippen molar-refractivity contribution >= 4 is 6.16 Å². The second-order valence-corrected chi connectivity index (χ2v) is 11.4. The summed E-state index contributed by atoms with van der Waals surface area (Å²) in [4.78, 5) is 11.7. The van der Waals surface area contributed by atoms with Gasteiger partial charge < -0.3 is 9.47 Å². The van der Waals surface area contributed by atoms with Gasteiger partial charge in [-0.1, -0.05) is 149 Å². The molecule has 3 heteroatoms. The quantitative estimate of drug-likeness (QED) is 0.0433. The van der Waals surface area contributed by atoms with Gasteiger partial charge in [0.2, 0.25) is 0 Å². The van der Waals surface area contributed by atoms with Crippen LogP contribution in [0.25, 0.3) is 0 Å². The minimum absolute atomic E-state index is 0.431. The highest BCUT2D eigenvalue weighted by atomic mass is 16.7. The Morgan fingerprint density at radius 1 is 0.370 bits per heavy atom. The van der Waals surface area contributed by atoms with Crippen LogP contribution in [0.5, 0.6) is 0 Å². The maximum absolute atomic E-state index is 11.7. The number of unbranched alkanes of at least 4 members (excludes halogenated alkanes) is 9. The summed E-state index contributed by atoms with van der Waals surface area (Å²) in [5, 5.41) is 0. The van der Waals surface area contributed by atoms with Gasteiger partial charge in [-0.2, -0.15) is 0 Å². The van der Waals surface area contributed by atoms with Gasteiger partial charge in [0.05, 0.1) is 13.2 Å². The molecule has 3 nitrogen and oxygen atoms in total. The van der Waals surface area contributed by atoms with Crippen molar-refractivity contribution in [2.24, 2.45) is 0 Å². The Labute approximate surface area is 284 Å². The predicted octanol–water partition coefficient (Wildman–Crippen LogP) is 14.0. The maximum atomic E-state index is 11.7. The van der Waals surface area contributed by atoms with E-state index in [-0.39, 0.29) is 0 Å². The molecule has 0 fully saturated rings. The fourth-order valence-electron chi connectivity index (χ4n) is 4.36. The third kappa shape index (κ3) is 39.0. The average molecular weight is 633 g/mol. The number of hydrogen-bond donors (Lipinski definition) is 0. The third-order valence-corrected chi connectivity index (χ3v) is 7.09. The molecule has 0 amide bonds. The zero-order chi connectivity index (χ0) is 33.3. The van der Waals surface area contributed by atoms with E-state index in [1.807, 2.05) is 0 Å². The van der Waals surface area contributed by atoms with Crippen LogP contribution >= 0.6 is 0 Å². The molecule has 0 unspecified atom stereocenters. The monoisotopic (exact) mass is 633 g/mol. The van der Waals surface area contributed by atoms with Crippen molar-refractivity contribution in [2.45, 2.75) is 142 Å². The number of carbonyl (C=O) groups excluding carboxylic acids is 1. The van der Waals surface area contributed by atoms with Crippen molar-refractivity contribution in [3.8, 4) is 0 Å². The van der Waals surface area contributed by atoms with E-state index in [4.69, 9.17) is 9.47 Å². The molecule has 0 N–H and O–H groups in total. The van der Waals surface area contributed by atoms with Crippen LogP contribution < -0.4 is 0 Å². The summed E-state index contributed by atoms with van der Waals surface area (Å²) in [7, 11) is 0. The Morgan fingerprint density at radius 2 is 0.674 bits per heavy atom. The van der Waals surface area contributed by atoms with Crippen molar-refractivity contribution in [1.82, 2.24) is 0 Å². The molecule has 0 saturated carbocycles. The Balaban J connectivity index is 3.46. The van der Waals surface area contributed by atoms with Crippen molar-refractivity contribution in [2.75, 3.05) is 13.2 Å². The highest BCUT2D eigenvalue weighted by molar-refractivity contribution is 5.59. The first-order valence-corrected chi connectivity index (χ1v) is 18.5. The fraction of sp³-hybridized carbons (Fsp3) is 0.558. The summed E-state index contributed by atoms with van der Waals surface area (Å²) in [6, 6.07) is 0. The highest BCUT2D eigenvalue weighted by Crippen LogP contribution is 2.06. The lowest BCUT2D eigenvalue weighted by Gasteiger charge is -2.05. The van der Waals surface area contributed by atoms with E-state index >= 15 is 0 Å². The first-order chi connectivity index (χ1) is 22.8. The van der Waals surface area contributed by atoms with Gasteiger partial charge >= 0.3 is 6.16 Å². The lowest BCUT2D eigenvalue weighted by Crippen LogP contribution is -2.09. The van der Waals surface area contributed by atoms with Crippen LogP contribution in [0, 0.1) is 0 Å². The number of rotatable bonds is 31. The molecule has 0 aliphatic heterocycles. The van der Waals surface area contributed by atoms with E-state index in [9.17, 15) is 4.79 Å². The standard InChI is InChI=1S/C43H68O3/c1-3-5-7-9-11-13-15-17-19-21-23-24-26-28-30-32-34-36-38-40-42-46-43(44)45-41-39-37-35-33-31-29-27-25-22-20-18-16-14-12-10-8-6-4-2/h5,7,11-14,17-20,23-25,27-28,30-31,33H,3-4,6,8-10,15-16,21-22,26,29,32,34-42H2,1-2H3/b7-5-,13-11-,14-12-,19-17-,20-18-,24-23-,27-25-,30-28-,33-31-. The molecule has 0 aromatic carbocycles. The van der Waals surface area contributed by atoms with Gasteiger partial charge in [0.15, 0.2) is 0 Å². The predicted molar refractivity (Wildman–Crippen MR) is 203 cm³/mol. The van der Waals surface area contributed by atoms with E-state index in [2.05, 4.69) is 123 Å². The third-order valence-electron chi connectivity index (χ3n) is 7.09. The SMILES string of the molecule is CC/C=C\C/C=C\C/C=C\C/C=C\C/C=C\CCCCCCOC(=O)OCCCC/C=C\C/C=C\C/C=C\C/C=C\CCCCC. The van der Waals surface area contributed by atoms with Crippen molar-refractivity contribution in [3.63, 3.8) is 0 Å². The summed E-state index contributed by atoms with van der Waals surface area (Å²) in [6.07, 6.45) is 61.3. The van der Waals surface area contributed by atoms with Crippen LogP contribution in [0.2, 0.25) is 0 Å². The van der Waals surface area contributed by atoms with Crippen molar-refractivity contribution < 1.29 is 14.3 Å². The normalized spacial score (nSPS) is 12.9. The van der Waals surface area contributed by atoms with E-state index in [0.29, 0.717) is 13.2 Å². The molecular formula is C43H68O3. The second kappa shape index (κ2) is 40.0. The molecule has 0 aromatic rings. The summed E-state index contributed by atoms with van der Waals surface area (Å²) < 4.78 is 10.4. The molecular weight excluding hydrogens is 564 g/mol. The molecule has 0 bridgehead atoms. The van der Waals surface area contributed by atoms with Crippen LogP contribution in [-0.2, 0) is 9.47 Å². The van der Waals surface area contributed by atoms with Crippen LogP contribution in [0.15, 0.2) is 109 Å². The van der Waals surface area contributed by atoms with Gasteiger partial charge in [-0.25, -0.2) is 4.79 Å². The van der Waals surface area contributed by atoms with Gasteiger partial charge in [0.1, 0.15) is 0 Å².